The molecule has 0 radical (unpaired) electrons. The maximum atomic E-state index is 14.0. The number of nitrogens with one attached hydrogen (secondary N) is 1. The number of halogens is 2. The van der Waals surface area contributed by atoms with Crippen LogP contribution in [0.3, 0.4) is 0 Å². The van der Waals surface area contributed by atoms with Crippen molar-refractivity contribution in [2.24, 2.45) is 5.73 Å². The Hall–Kier alpha value is -2.85. The van der Waals surface area contributed by atoms with Gasteiger partial charge in [0, 0.05) is 43.7 Å². The van der Waals surface area contributed by atoms with Crippen molar-refractivity contribution in [1.29, 1.82) is 0 Å². The molecule has 42 heavy (non-hydrogen) atoms. The van der Waals surface area contributed by atoms with E-state index in [4.69, 9.17) is 33.7 Å². The average Bonchev–Trinajstić information content (AvgIpc) is 3.29. The number of hydrogen-bond acceptors (Lipinski definition) is 6. The van der Waals surface area contributed by atoms with Crippen molar-refractivity contribution in [1.82, 2.24) is 15.1 Å². The Balaban J connectivity index is 1.54. The molecule has 1 unspecified atom stereocenters. The zero-order valence-electron chi connectivity index (χ0n) is 24.1. The lowest BCUT2D eigenvalue weighted by Crippen LogP contribution is -2.53. The number of carboxylic acid groups (broad SMARTS) is 1. The van der Waals surface area contributed by atoms with E-state index in [1.54, 1.807) is 17.0 Å². The molecular weight excluding hydrogens is 579 g/mol. The van der Waals surface area contributed by atoms with E-state index in [0.717, 1.165) is 12.8 Å². The molecule has 11 heteroatoms. The molecule has 4 N–H and O–H groups in total. The second kappa shape index (κ2) is 14.6. The molecule has 0 spiro atoms. The van der Waals surface area contributed by atoms with E-state index in [2.05, 4.69) is 22.3 Å². The first kappa shape index (κ1) is 32.1. The van der Waals surface area contributed by atoms with Crippen molar-refractivity contribution in [3.05, 3.63) is 63.6 Å². The zero-order chi connectivity index (χ0) is 30.4. The maximum Gasteiger partial charge on any atom is 0.303 e. The summed E-state index contributed by atoms with van der Waals surface area (Å²) < 4.78 is 5.88. The summed E-state index contributed by atoms with van der Waals surface area (Å²) in [5, 5.41) is 12.9. The molecule has 2 fully saturated rings. The van der Waals surface area contributed by atoms with E-state index in [1.807, 2.05) is 32.0 Å². The van der Waals surface area contributed by atoms with Gasteiger partial charge in [0.2, 0.25) is 11.8 Å². The van der Waals surface area contributed by atoms with Gasteiger partial charge in [-0.2, -0.15) is 0 Å². The van der Waals surface area contributed by atoms with Crippen LogP contribution in [0.1, 0.15) is 57.1 Å². The molecule has 2 aromatic carbocycles. The molecule has 0 bridgehead atoms. The Kier molecular flexibility index (Phi) is 11.1. The summed E-state index contributed by atoms with van der Waals surface area (Å²) in [5.74, 6) is -1.25. The first-order valence-corrected chi connectivity index (χ1v) is 15.3. The quantitative estimate of drug-likeness (QED) is 0.324. The molecule has 2 amide bonds. The third-order valence-corrected chi connectivity index (χ3v) is 8.76. The van der Waals surface area contributed by atoms with Crippen molar-refractivity contribution in [3.63, 3.8) is 0 Å². The largest absolute Gasteiger partial charge is 0.489 e. The molecule has 4 rings (SSSR count). The monoisotopic (exact) mass is 618 g/mol. The number of aryl methyl sites for hydroxylation is 1. The van der Waals surface area contributed by atoms with E-state index in [-0.39, 0.29) is 48.5 Å². The van der Waals surface area contributed by atoms with Crippen LogP contribution < -0.4 is 15.8 Å². The van der Waals surface area contributed by atoms with Gasteiger partial charge >= 0.3 is 5.97 Å². The molecule has 228 valence electrons. The van der Waals surface area contributed by atoms with Crippen LogP contribution in [0.4, 0.5) is 0 Å². The van der Waals surface area contributed by atoms with Crippen LogP contribution in [0, 0.1) is 0 Å². The van der Waals surface area contributed by atoms with Gasteiger partial charge in [0.1, 0.15) is 16.8 Å². The lowest BCUT2D eigenvalue weighted by atomic mass is 10.0. The first-order chi connectivity index (χ1) is 20.0. The van der Waals surface area contributed by atoms with E-state index in [1.165, 1.54) is 5.56 Å². The number of aliphatic carboxylic acids is 1. The minimum Gasteiger partial charge on any atom is -0.489 e. The molecule has 0 saturated carbocycles. The number of ether oxygens (including phenoxy) is 1. The van der Waals surface area contributed by atoms with Gasteiger partial charge in [-0.15, -0.1) is 0 Å². The maximum absolute atomic E-state index is 14.0. The molecule has 4 atom stereocenters. The topological polar surface area (TPSA) is 125 Å². The number of benzene rings is 2. The van der Waals surface area contributed by atoms with E-state index in [9.17, 15) is 19.5 Å². The second-order valence-electron chi connectivity index (χ2n) is 11.4. The Morgan fingerprint density at radius 1 is 1.17 bits per heavy atom. The highest BCUT2D eigenvalue weighted by molar-refractivity contribution is 6.43. The smallest absolute Gasteiger partial charge is 0.303 e. The van der Waals surface area contributed by atoms with Crippen LogP contribution in [-0.2, 0) is 27.3 Å². The Morgan fingerprint density at radius 2 is 1.90 bits per heavy atom. The summed E-state index contributed by atoms with van der Waals surface area (Å²) in [6.07, 6.45) is 2.46. The summed E-state index contributed by atoms with van der Waals surface area (Å²) in [5.41, 5.74) is 8.19. The van der Waals surface area contributed by atoms with Gasteiger partial charge in [0.05, 0.1) is 17.2 Å². The van der Waals surface area contributed by atoms with Gasteiger partial charge in [0.15, 0.2) is 0 Å². The molecular formula is C31H40Cl2N4O5. The van der Waals surface area contributed by atoms with Crippen molar-refractivity contribution < 1.29 is 24.2 Å². The highest BCUT2D eigenvalue weighted by Crippen LogP contribution is 2.36. The highest BCUT2D eigenvalue weighted by atomic mass is 35.5. The normalized spacial score (nSPS) is 21.6. The van der Waals surface area contributed by atoms with Crippen LogP contribution in [-0.4, -0.2) is 76.1 Å². The molecule has 2 aliphatic rings. The van der Waals surface area contributed by atoms with Crippen LogP contribution in [0.2, 0.25) is 10.0 Å². The Morgan fingerprint density at radius 3 is 2.60 bits per heavy atom. The van der Waals surface area contributed by atoms with Crippen LogP contribution in [0.25, 0.3) is 0 Å². The lowest BCUT2D eigenvalue weighted by Gasteiger charge is -2.32. The number of amides is 2. The van der Waals surface area contributed by atoms with Crippen LogP contribution in [0.15, 0.2) is 42.5 Å². The summed E-state index contributed by atoms with van der Waals surface area (Å²) in [6.45, 7) is 4.76. The number of nitrogens with zero attached hydrogens (tertiary/aromatic N) is 2. The summed E-state index contributed by atoms with van der Waals surface area (Å²) in [4.78, 5) is 43.0. The average molecular weight is 620 g/mol. The van der Waals surface area contributed by atoms with Crippen molar-refractivity contribution >= 4 is 41.0 Å². The first-order valence-electron chi connectivity index (χ1n) is 14.5. The molecule has 9 nitrogen and oxygen atoms in total. The number of carboxylic acids is 1. The minimum absolute atomic E-state index is 0.00289. The van der Waals surface area contributed by atoms with Crippen molar-refractivity contribution in [3.8, 4) is 5.75 Å². The molecule has 2 heterocycles. The van der Waals surface area contributed by atoms with E-state index in [0.29, 0.717) is 42.3 Å². The molecule has 0 aromatic heterocycles. The van der Waals surface area contributed by atoms with E-state index >= 15 is 0 Å². The minimum atomic E-state index is -1.03. The Labute approximate surface area is 257 Å². The van der Waals surface area contributed by atoms with E-state index < -0.39 is 24.0 Å². The van der Waals surface area contributed by atoms with Gasteiger partial charge in [-0.1, -0.05) is 59.6 Å². The number of nitrogens with two attached hydrogens (primary N) is 1. The van der Waals surface area contributed by atoms with Gasteiger partial charge in [0.25, 0.3) is 0 Å². The predicted octanol–water partition coefficient (Wildman–Crippen LogP) is 4.27. The Bertz CT molecular complexity index is 1260. The summed E-state index contributed by atoms with van der Waals surface area (Å²) >= 11 is 12.6. The summed E-state index contributed by atoms with van der Waals surface area (Å²) in [7, 11) is 0. The number of carbonyl (C=O) groups is 3. The predicted molar refractivity (Wildman–Crippen MR) is 163 cm³/mol. The third kappa shape index (κ3) is 7.95. The number of carbonyl (C=O) groups excluding carboxylic acids is 2. The summed E-state index contributed by atoms with van der Waals surface area (Å²) in [6, 6.07) is 12.2. The van der Waals surface area contributed by atoms with Gasteiger partial charge in [-0.3, -0.25) is 19.3 Å². The van der Waals surface area contributed by atoms with Crippen molar-refractivity contribution in [2.75, 3.05) is 13.1 Å². The molecule has 2 aromatic rings. The number of rotatable bonds is 12. The molecule has 2 aliphatic heterocycles. The standard InChI is InChI=1S/C31H40Cl2N4O5/c1-19(2)42-29-21(9-11-24(32)28(29)33)17-35-30(40)25(12-13-27(38)39)36-15-14-23(10-8-20-6-4-3-5-7-20)37-18-22(34)16-26(37)31(36)41/h3-7,9,11,19,22-23,25-26H,8,10,12-18,34H2,1-2H3,(H,35,40)(H,38,39)/t22-,23?,25-,26+/m1/s1. The fourth-order valence-corrected chi connectivity index (χ4v) is 6.33. The van der Waals surface area contributed by atoms with Crippen LogP contribution >= 0.6 is 23.2 Å². The van der Waals surface area contributed by atoms with Crippen LogP contribution in [0.5, 0.6) is 5.75 Å². The fraction of sp³-hybridized carbons (Fsp3) is 0.516. The molecule has 2 saturated heterocycles. The molecule has 0 aliphatic carbocycles. The van der Waals surface area contributed by atoms with Crippen molar-refractivity contribution in [2.45, 2.75) is 89.2 Å². The zero-order valence-corrected chi connectivity index (χ0v) is 25.6. The number of fused-ring (bicyclic) bond motifs is 1. The number of hydrogen-bond donors (Lipinski definition) is 3. The third-order valence-electron chi connectivity index (χ3n) is 7.97. The van der Waals surface area contributed by atoms with Gasteiger partial charge in [-0.05, 0) is 57.6 Å². The second-order valence-corrected chi connectivity index (χ2v) is 12.2. The van der Waals surface area contributed by atoms with Gasteiger partial charge < -0.3 is 25.8 Å². The highest BCUT2D eigenvalue weighted by Gasteiger charge is 2.45. The fourth-order valence-electron chi connectivity index (χ4n) is 5.96. The van der Waals surface area contributed by atoms with Gasteiger partial charge in [-0.25, -0.2) is 0 Å². The SMILES string of the molecule is CC(C)Oc1c(CNC(=O)[C@@H](CCC(=O)O)N2CCC(CCc3ccccc3)N3C[C@H](N)C[C@H]3C2=O)ccc(Cl)c1Cl. The lowest BCUT2D eigenvalue weighted by molar-refractivity contribution is -0.144.